The summed E-state index contributed by atoms with van der Waals surface area (Å²) in [5.74, 6) is 0.204. The highest BCUT2D eigenvalue weighted by atomic mass is 16.5. The molecule has 0 spiro atoms. The third kappa shape index (κ3) is 3.38. The van der Waals surface area contributed by atoms with Crippen LogP contribution in [0, 0.1) is 38.0 Å². The molecule has 1 aromatic carbocycles. The standard InChI is InChI=1S/C22H29NO4/c1-13-4-14(2)19(15(3)5-13)23-18(24)11-27-20(25)21-7-16-6-17(8-21)10-22(26,9-16)12-21/h4-5,16-17,26H,6-12H2,1-3H3,(H,23,24). The Morgan fingerprint density at radius 3 is 2.26 bits per heavy atom. The van der Waals surface area contributed by atoms with Gasteiger partial charge in [-0.3, -0.25) is 9.59 Å². The van der Waals surface area contributed by atoms with Gasteiger partial charge in [0, 0.05) is 5.69 Å². The van der Waals surface area contributed by atoms with E-state index >= 15 is 0 Å². The summed E-state index contributed by atoms with van der Waals surface area (Å²) in [7, 11) is 0. The Morgan fingerprint density at radius 1 is 1.11 bits per heavy atom. The molecule has 2 N–H and O–H groups in total. The van der Waals surface area contributed by atoms with Gasteiger partial charge in [-0.25, -0.2) is 0 Å². The number of amides is 1. The summed E-state index contributed by atoms with van der Waals surface area (Å²) < 4.78 is 5.45. The van der Waals surface area contributed by atoms with Crippen LogP contribution in [0.25, 0.3) is 0 Å². The van der Waals surface area contributed by atoms with E-state index < -0.39 is 11.0 Å². The minimum atomic E-state index is -0.707. The van der Waals surface area contributed by atoms with E-state index in [1.165, 1.54) is 0 Å². The van der Waals surface area contributed by atoms with Crippen LogP contribution in [0.3, 0.4) is 0 Å². The average Bonchev–Trinajstić information content (AvgIpc) is 2.53. The van der Waals surface area contributed by atoms with Crippen molar-refractivity contribution < 1.29 is 19.4 Å². The molecule has 146 valence electrons. The lowest BCUT2D eigenvalue weighted by Crippen LogP contribution is -2.58. The Kier molecular flexibility index (Phi) is 4.34. The van der Waals surface area contributed by atoms with E-state index in [-0.39, 0.29) is 18.5 Å². The molecule has 2 unspecified atom stereocenters. The zero-order valence-electron chi connectivity index (χ0n) is 16.4. The molecule has 1 amide bonds. The number of hydrogen-bond donors (Lipinski definition) is 2. The van der Waals surface area contributed by atoms with E-state index in [2.05, 4.69) is 5.32 Å². The molecule has 0 heterocycles. The number of esters is 1. The molecule has 27 heavy (non-hydrogen) atoms. The van der Waals surface area contributed by atoms with Crippen molar-refractivity contribution in [1.82, 2.24) is 0 Å². The van der Waals surface area contributed by atoms with Crippen LogP contribution in [0.2, 0.25) is 0 Å². The van der Waals surface area contributed by atoms with Crippen molar-refractivity contribution in [3.63, 3.8) is 0 Å². The van der Waals surface area contributed by atoms with Crippen LogP contribution in [0.15, 0.2) is 12.1 Å². The van der Waals surface area contributed by atoms with Gasteiger partial charge in [-0.1, -0.05) is 17.7 Å². The molecular weight excluding hydrogens is 342 g/mol. The van der Waals surface area contributed by atoms with Crippen LogP contribution in [0.1, 0.15) is 55.2 Å². The second-order valence-electron chi connectivity index (χ2n) is 9.36. The normalized spacial score (nSPS) is 33.8. The van der Waals surface area contributed by atoms with Crippen LogP contribution >= 0.6 is 0 Å². The third-order valence-corrected chi connectivity index (χ3v) is 6.74. The quantitative estimate of drug-likeness (QED) is 0.795. The van der Waals surface area contributed by atoms with Crippen LogP contribution in [-0.2, 0) is 14.3 Å². The van der Waals surface area contributed by atoms with E-state index in [1.807, 2.05) is 32.9 Å². The molecule has 1 aromatic rings. The van der Waals surface area contributed by atoms with Crippen LogP contribution < -0.4 is 5.32 Å². The topological polar surface area (TPSA) is 75.6 Å². The fourth-order valence-electron chi connectivity index (χ4n) is 6.29. The molecule has 0 aliphatic heterocycles. The van der Waals surface area contributed by atoms with E-state index in [4.69, 9.17) is 4.74 Å². The maximum Gasteiger partial charge on any atom is 0.312 e. The Labute approximate surface area is 160 Å². The van der Waals surface area contributed by atoms with Gasteiger partial charge >= 0.3 is 5.97 Å². The summed E-state index contributed by atoms with van der Waals surface area (Å²) in [6.07, 6.45) is 4.81. The maximum absolute atomic E-state index is 12.9. The summed E-state index contributed by atoms with van der Waals surface area (Å²) in [6.45, 7) is 5.66. The highest BCUT2D eigenvalue weighted by Gasteiger charge is 2.60. The maximum atomic E-state index is 12.9. The molecule has 0 radical (unpaired) electrons. The summed E-state index contributed by atoms with van der Waals surface area (Å²) in [5.41, 5.74) is 2.63. The molecule has 4 saturated carbocycles. The third-order valence-electron chi connectivity index (χ3n) is 6.74. The molecular formula is C22H29NO4. The summed E-state index contributed by atoms with van der Waals surface area (Å²) in [5, 5.41) is 13.7. The van der Waals surface area contributed by atoms with E-state index in [9.17, 15) is 14.7 Å². The number of aliphatic hydroxyl groups is 1. The SMILES string of the molecule is Cc1cc(C)c(NC(=O)COC(=O)C23CC4CC(CC(O)(C4)C2)C3)c(C)c1. The molecule has 2 atom stereocenters. The zero-order valence-corrected chi connectivity index (χ0v) is 16.4. The Balaban J connectivity index is 1.39. The van der Waals surface area contributed by atoms with Crippen molar-refractivity contribution in [3.05, 3.63) is 28.8 Å². The fourth-order valence-corrected chi connectivity index (χ4v) is 6.29. The Hall–Kier alpha value is -1.88. The number of hydrogen-bond acceptors (Lipinski definition) is 4. The summed E-state index contributed by atoms with van der Waals surface area (Å²) in [4.78, 5) is 25.2. The summed E-state index contributed by atoms with van der Waals surface area (Å²) >= 11 is 0. The van der Waals surface area contributed by atoms with Crippen molar-refractivity contribution in [2.75, 3.05) is 11.9 Å². The average molecular weight is 371 g/mol. The van der Waals surface area contributed by atoms with Gasteiger partial charge in [0.25, 0.3) is 5.91 Å². The zero-order chi connectivity index (χ0) is 19.4. The number of carbonyl (C=O) groups is 2. The second kappa shape index (κ2) is 6.33. The number of anilines is 1. The van der Waals surface area contributed by atoms with Crippen LogP contribution in [0.5, 0.6) is 0 Å². The predicted molar refractivity (Wildman–Crippen MR) is 102 cm³/mol. The van der Waals surface area contributed by atoms with Crippen molar-refractivity contribution in [2.24, 2.45) is 17.3 Å². The van der Waals surface area contributed by atoms with Gasteiger partial charge < -0.3 is 15.2 Å². The monoisotopic (exact) mass is 371 g/mol. The van der Waals surface area contributed by atoms with Crippen LogP contribution in [-0.4, -0.2) is 29.2 Å². The molecule has 5 heteroatoms. The van der Waals surface area contributed by atoms with Gasteiger partial charge in [0.2, 0.25) is 0 Å². The van der Waals surface area contributed by atoms with Gasteiger partial charge in [-0.15, -0.1) is 0 Å². The molecule has 5 nitrogen and oxygen atoms in total. The minimum absolute atomic E-state index is 0.277. The lowest BCUT2D eigenvalue weighted by Gasteiger charge is -2.58. The molecule has 0 aromatic heterocycles. The van der Waals surface area contributed by atoms with Crippen molar-refractivity contribution in [3.8, 4) is 0 Å². The highest BCUT2D eigenvalue weighted by Crippen LogP contribution is 2.61. The molecule has 4 aliphatic carbocycles. The van der Waals surface area contributed by atoms with Gasteiger partial charge in [0.05, 0.1) is 11.0 Å². The lowest BCUT2D eigenvalue weighted by atomic mass is 9.48. The number of carbonyl (C=O) groups excluding carboxylic acids is 2. The number of rotatable bonds is 4. The van der Waals surface area contributed by atoms with Gasteiger partial charge in [-0.05, 0) is 82.3 Å². The molecule has 4 aliphatic rings. The van der Waals surface area contributed by atoms with Crippen molar-refractivity contribution >= 4 is 17.6 Å². The van der Waals surface area contributed by atoms with Crippen molar-refractivity contribution in [2.45, 2.75) is 64.9 Å². The largest absolute Gasteiger partial charge is 0.455 e. The first-order valence-electron chi connectivity index (χ1n) is 9.95. The van der Waals surface area contributed by atoms with Crippen molar-refractivity contribution in [1.29, 1.82) is 0 Å². The first kappa shape index (κ1) is 18.5. The Morgan fingerprint density at radius 2 is 1.70 bits per heavy atom. The summed E-state index contributed by atoms with van der Waals surface area (Å²) in [6, 6.07) is 4.04. The molecule has 4 fully saturated rings. The fraction of sp³-hybridized carbons (Fsp3) is 0.636. The first-order valence-corrected chi connectivity index (χ1v) is 9.95. The highest BCUT2D eigenvalue weighted by molar-refractivity contribution is 5.94. The van der Waals surface area contributed by atoms with Gasteiger partial charge in [0.1, 0.15) is 0 Å². The van der Waals surface area contributed by atoms with Gasteiger partial charge in [0.15, 0.2) is 6.61 Å². The van der Waals surface area contributed by atoms with E-state index in [0.29, 0.717) is 18.3 Å². The molecule has 0 saturated heterocycles. The lowest BCUT2D eigenvalue weighted by molar-refractivity contribution is -0.196. The van der Waals surface area contributed by atoms with Gasteiger partial charge in [-0.2, -0.15) is 0 Å². The smallest absolute Gasteiger partial charge is 0.312 e. The van der Waals surface area contributed by atoms with E-state index in [1.54, 1.807) is 0 Å². The minimum Gasteiger partial charge on any atom is -0.455 e. The first-order chi connectivity index (χ1) is 12.7. The van der Waals surface area contributed by atoms with E-state index in [0.717, 1.165) is 54.5 Å². The number of aryl methyl sites for hydroxylation is 3. The number of ether oxygens (including phenoxy) is 1. The Bertz CT molecular complexity index is 762. The predicted octanol–water partition coefficient (Wildman–Crippen LogP) is 3.42. The molecule has 4 bridgehead atoms. The number of nitrogens with one attached hydrogen (secondary N) is 1. The molecule has 5 rings (SSSR count). The second-order valence-corrected chi connectivity index (χ2v) is 9.36. The van der Waals surface area contributed by atoms with Crippen LogP contribution in [0.4, 0.5) is 5.69 Å². The number of benzene rings is 1.